The second-order valence-corrected chi connectivity index (χ2v) is 7.58. The minimum atomic E-state index is -0.377. The third kappa shape index (κ3) is 6.77. The smallest absolute Gasteiger partial charge is 0.306 e. The van der Waals surface area contributed by atoms with Crippen molar-refractivity contribution in [3.8, 4) is 5.75 Å². The summed E-state index contributed by atoms with van der Waals surface area (Å²) < 4.78 is 10.3. The molecule has 1 N–H and O–H groups in total. The van der Waals surface area contributed by atoms with Gasteiger partial charge in [0.1, 0.15) is 5.75 Å². The molecule has 0 bridgehead atoms. The molecule has 0 radical (unpaired) electrons. The third-order valence-corrected chi connectivity index (χ3v) is 3.93. The van der Waals surface area contributed by atoms with E-state index in [1.54, 1.807) is 7.11 Å². The zero-order chi connectivity index (χ0) is 19.9. The van der Waals surface area contributed by atoms with Crippen LogP contribution in [0.25, 0.3) is 0 Å². The summed E-state index contributed by atoms with van der Waals surface area (Å²) in [6, 6.07) is 16.8. The molecule has 0 saturated carbocycles. The molecule has 0 spiro atoms. The molecular weight excluding hydrogens is 342 g/mol. The predicted octanol–water partition coefficient (Wildman–Crippen LogP) is 3.88. The van der Waals surface area contributed by atoms with Gasteiger partial charge in [-0.1, -0.05) is 63.2 Å². The molecule has 1 atom stereocenters. The van der Waals surface area contributed by atoms with Gasteiger partial charge in [-0.2, -0.15) is 0 Å². The van der Waals surface area contributed by atoms with Crippen molar-refractivity contribution in [3.63, 3.8) is 0 Å². The van der Waals surface area contributed by atoms with E-state index in [-0.39, 0.29) is 36.4 Å². The molecule has 2 aromatic carbocycles. The summed E-state index contributed by atoms with van der Waals surface area (Å²) in [5.41, 5.74) is 1.68. The van der Waals surface area contributed by atoms with Gasteiger partial charge in [-0.25, -0.2) is 0 Å². The van der Waals surface area contributed by atoms with E-state index >= 15 is 0 Å². The van der Waals surface area contributed by atoms with Crippen LogP contribution in [0.5, 0.6) is 5.75 Å². The Hall–Kier alpha value is -2.82. The zero-order valence-electron chi connectivity index (χ0n) is 16.3. The lowest BCUT2D eigenvalue weighted by Crippen LogP contribution is -2.33. The SMILES string of the molecule is COc1ccc([C@H](NC(=O)COC(=O)CC(C)(C)C)c2ccccc2)cc1. The Labute approximate surface area is 160 Å². The van der Waals surface area contributed by atoms with Crippen LogP contribution in [-0.4, -0.2) is 25.6 Å². The molecule has 2 aromatic rings. The van der Waals surface area contributed by atoms with Gasteiger partial charge in [0.15, 0.2) is 6.61 Å². The first-order chi connectivity index (χ1) is 12.8. The Morgan fingerprint density at radius 3 is 2.11 bits per heavy atom. The highest BCUT2D eigenvalue weighted by Crippen LogP contribution is 2.24. The Morgan fingerprint density at radius 2 is 1.56 bits per heavy atom. The summed E-state index contributed by atoms with van der Waals surface area (Å²) in [4.78, 5) is 24.2. The van der Waals surface area contributed by atoms with E-state index in [1.807, 2.05) is 75.4 Å². The van der Waals surface area contributed by atoms with Crippen LogP contribution in [-0.2, 0) is 14.3 Å². The van der Waals surface area contributed by atoms with Crippen molar-refractivity contribution >= 4 is 11.9 Å². The summed E-state index contributed by atoms with van der Waals surface area (Å²) in [6.07, 6.45) is 0.265. The Bertz CT molecular complexity index is 748. The van der Waals surface area contributed by atoms with Crippen LogP contribution in [0.1, 0.15) is 44.4 Å². The maximum atomic E-state index is 12.4. The van der Waals surface area contributed by atoms with Crippen LogP contribution in [0, 0.1) is 5.41 Å². The number of carbonyl (C=O) groups is 2. The number of esters is 1. The van der Waals surface area contributed by atoms with Crippen LogP contribution in [0.3, 0.4) is 0 Å². The lowest BCUT2D eigenvalue weighted by atomic mass is 9.92. The molecule has 0 aliphatic carbocycles. The first-order valence-corrected chi connectivity index (χ1v) is 8.92. The number of methoxy groups -OCH3 is 1. The Morgan fingerprint density at radius 1 is 0.963 bits per heavy atom. The van der Waals surface area contributed by atoms with Gasteiger partial charge in [-0.15, -0.1) is 0 Å². The van der Waals surface area contributed by atoms with Crippen LogP contribution in [0.4, 0.5) is 0 Å². The summed E-state index contributed by atoms with van der Waals surface area (Å²) in [7, 11) is 1.61. The molecule has 0 aromatic heterocycles. The van der Waals surface area contributed by atoms with Gasteiger partial charge in [0.05, 0.1) is 19.6 Å². The van der Waals surface area contributed by atoms with E-state index in [9.17, 15) is 9.59 Å². The second kappa shape index (κ2) is 9.21. The second-order valence-electron chi connectivity index (χ2n) is 7.58. The number of benzene rings is 2. The van der Waals surface area contributed by atoms with Gasteiger partial charge < -0.3 is 14.8 Å². The van der Waals surface area contributed by atoms with E-state index in [4.69, 9.17) is 9.47 Å². The molecule has 1 amide bonds. The van der Waals surface area contributed by atoms with Crippen molar-refractivity contribution in [1.82, 2.24) is 5.32 Å². The largest absolute Gasteiger partial charge is 0.497 e. The lowest BCUT2D eigenvalue weighted by molar-refractivity contribution is -0.150. The fourth-order valence-corrected chi connectivity index (χ4v) is 2.63. The Balaban J connectivity index is 2.08. The first kappa shape index (κ1) is 20.5. The van der Waals surface area contributed by atoms with Gasteiger partial charge in [0.2, 0.25) is 0 Å². The van der Waals surface area contributed by atoms with E-state index in [0.717, 1.165) is 16.9 Å². The van der Waals surface area contributed by atoms with Crippen molar-refractivity contribution in [2.75, 3.05) is 13.7 Å². The molecule has 0 unspecified atom stereocenters. The molecular formula is C22H27NO4. The van der Waals surface area contributed by atoms with Crippen LogP contribution in [0.2, 0.25) is 0 Å². The maximum absolute atomic E-state index is 12.4. The van der Waals surface area contributed by atoms with Gasteiger partial charge >= 0.3 is 5.97 Å². The number of amides is 1. The average molecular weight is 369 g/mol. The number of carbonyl (C=O) groups excluding carboxylic acids is 2. The summed E-state index contributed by atoms with van der Waals surface area (Å²) >= 11 is 0. The zero-order valence-corrected chi connectivity index (χ0v) is 16.3. The lowest BCUT2D eigenvalue weighted by Gasteiger charge is -2.21. The normalized spacial score (nSPS) is 12.1. The summed E-state index contributed by atoms with van der Waals surface area (Å²) in [5.74, 6) is 0.0216. The number of ether oxygens (including phenoxy) is 2. The minimum absolute atomic E-state index is 0.177. The van der Waals surface area contributed by atoms with Gasteiger partial charge in [-0.05, 0) is 28.7 Å². The topological polar surface area (TPSA) is 64.6 Å². The highest BCUT2D eigenvalue weighted by molar-refractivity contribution is 5.81. The van der Waals surface area contributed by atoms with E-state index < -0.39 is 0 Å². The van der Waals surface area contributed by atoms with E-state index in [0.29, 0.717) is 0 Å². The van der Waals surface area contributed by atoms with Crippen molar-refractivity contribution in [2.45, 2.75) is 33.2 Å². The van der Waals surface area contributed by atoms with Crippen LogP contribution < -0.4 is 10.1 Å². The molecule has 27 heavy (non-hydrogen) atoms. The van der Waals surface area contributed by atoms with Gasteiger partial charge in [0, 0.05) is 0 Å². The standard InChI is InChI=1S/C22H27NO4/c1-22(2,3)14-20(25)27-15-19(24)23-21(16-8-6-5-7-9-16)17-10-12-18(26-4)13-11-17/h5-13,21H,14-15H2,1-4H3,(H,23,24)/t21-/m1/s1. The number of hydrogen-bond acceptors (Lipinski definition) is 4. The maximum Gasteiger partial charge on any atom is 0.306 e. The summed E-state index contributed by atoms with van der Waals surface area (Å²) in [6.45, 7) is 5.55. The summed E-state index contributed by atoms with van der Waals surface area (Å²) in [5, 5.41) is 2.95. The molecule has 144 valence electrons. The average Bonchev–Trinajstić information content (AvgIpc) is 2.64. The highest BCUT2D eigenvalue weighted by Gasteiger charge is 2.20. The molecule has 0 fully saturated rings. The number of rotatable bonds is 7. The quantitative estimate of drug-likeness (QED) is 0.752. The molecule has 5 heteroatoms. The van der Waals surface area contributed by atoms with Gasteiger partial charge in [0.25, 0.3) is 5.91 Å². The van der Waals surface area contributed by atoms with E-state index in [2.05, 4.69) is 5.32 Å². The fourth-order valence-electron chi connectivity index (χ4n) is 2.63. The Kier molecular flexibility index (Phi) is 6.99. The number of nitrogens with one attached hydrogen (secondary N) is 1. The van der Waals surface area contributed by atoms with Crippen LogP contribution in [0.15, 0.2) is 54.6 Å². The van der Waals surface area contributed by atoms with Gasteiger partial charge in [-0.3, -0.25) is 9.59 Å². The molecule has 5 nitrogen and oxygen atoms in total. The monoisotopic (exact) mass is 369 g/mol. The molecule has 0 heterocycles. The molecule has 0 aliphatic heterocycles. The highest BCUT2D eigenvalue weighted by atomic mass is 16.5. The first-order valence-electron chi connectivity index (χ1n) is 8.92. The van der Waals surface area contributed by atoms with Crippen molar-refractivity contribution < 1.29 is 19.1 Å². The van der Waals surface area contributed by atoms with Crippen molar-refractivity contribution in [3.05, 3.63) is 65.7 Å². The molecule has 0 saturated heterocycles. The number of hydrogen-bond donors (Lipinski definition) is 1. The molecule has 2 rings (SSSR count). The van der Waals surface area contributed by atoms with E-state index in [1.165, 1.54) is 0 Å². The fraction of sp³-hybridized carbons (Fsp3) is 0.364. The van der Waals surface area contributed by atoms with Crippen LogP contribution >= 0.6 is 0 Å². The molecule has 0 aliphatic rings. The predicted molar refractivity (Wildman–Crippen MR) is 104 cm³/mol. The van der Waals surface area contributed by atoms with Crippen molar-refractivity contribution in [2.24, 2.45) is 5.41 Å². The third-order valence-electron chi connectivity index (χ3n) is 3.93. The van der Waals surface area contributed by atoms with Crippen molar-refractivity contribution in [1.29, 1.82) is 0 Å². The minimum Gasteiger partial charge on any atom is -0.497 e.